The van der Waals surface area contributed by atoms with Gasteiger partial charge in [0.25, 0.3) is 0 Å². The molecule has 0 bridgehead atoms. The van der Waals surface area contributed by atoms with Crippen molar-refractivity contribution in [3.8, 4) is 5.75 Å². The summed E-state index contributed by atoms with van der Waals surface area (Å²) in [5, 5.41) is 0. The molecule has 0 spiro atoms. The van der Waals surface area contributed by atoms with Gasteiger partial charge < -0.3 is 19.9 Å². The molecular weight excluding hydrogens is 230 g/mol. The van der Waals surface area contributed by atoms with E-state index in [4.69, 9.17) is 19.9 Å². The summed E-state index contributed by atoms with van der Waals surface area (Å²) >= 11 is 0. The summed E-state index contributed by atoms with van der Waals surface area (Å²) in [5.41, 5.74) is 6.69. The van der Waals surface area contributed by atoms with Crippen LogP contribution in [0.4, 0.5) is 0 Å². The van der Waals surface area contributed by atoms with Gasteiger partial charge in [-0.25, -0.2) is 0 Å². The van der Waals surface area contributed by atoms with Crippen molar-refractivity contribution in [2.45, 2.75) is 32.2 Å². The van der Waals surface area contributed by atoms with Crippen LogP contribution in [-0.2, 0) is 15.9 Å². The third-order valence-electron chi connectivity index (χ3n) is 3.04. The Morgan fingerprint density at radius 2 is 2.22 bits per heavy atom. The fraction of sp³-hybridized carbons (Fsp3) is 0.571. The number of nitrogens with two attached hydrogens (primary N) is 1. The molecule has 2 N–H and O–H groups in total. The van der Waals surface area contributed by atoms with Crippen molar-refractivity contribution >= 4 is 0 Å². The van der Waals surface area contributed by atoms with Crippen LogP contribution >= 0.6 is 0 Å². The number of rotatable bonds is 5. The lowest BCUT2D eigenvalue weighted by Gasteiger charge is -2.24. The molecule has 1 fully saturated rings. The number of hydrogen-bond donors (Lipinski definition) is 1. The SMILES string of the molecule is CCOc1ccccc1CC1(C)OCC(CN)O1. The number of para-hydroxylation sites is 1. The number of hydrogen-bond acceptors (Lipinski definition) is 4. The van der Waals surface area contributed by atoms with Crippen LogP contribution in [0.3, 0.4) is 0 Å². The van der Waals surface area contributed by atoms with E-state index in [1.165, 1.54) is 0 Å². The van der Waals surface area contributed by atoms with Gasteiger partial charge in [-0.3, -0.25) is 0 Å². The summed E-state index contributed by atoms with van der Waals surface area (Å²) in [6.07, 6.45) is 0.661. The number of ether oxygens (including phenoxy) is 3. The minimum absolute atomic E-state index is 0.00532. The molecule has 0 saturated carbocycles. The van der Waals surface area contributed by atoms with Gasteiger partial charge in [0.2, 0.25) is 0 Å². The molecule has 1 aromatic carbocycles. The van der Waals surface area contributed by atoms with Gasteiger partial charge in [-0.2, -0.15) is 0 Å². The van der Waals surface area contributed by atoms with Gasteiger partial charge in [0.15, 0.2) is 5.79 Å². The second-order valence-corrected chi connectivity index (χ2v) is 4.64. The maximum atomic E-state index is 5.83. The zero-order chi connectivity index (χ0) is 13.0. The van der Waals surface area contributed by atoms with Crippen LogP contribution in [0.25, 0.3) is 0 Å². The van der Waals surface area contributed by atoms with Crippen molar-refractivity contribution < 1.29 is 14.2 Å². The standard InChI is InChI=1S/C14H21NO3/c1-3-16-13-7-5-4-6-11(13)8-14(2)17-10-12(9-15)18-14/h4-7,12H,3,8-10,15H2,1-2H3. The average molecular weight is 251 g/mol. The summed E-state index contributed by atoms with van der Waals surface area (Å²) in [4.78, 5) is 0. The van der Waals surface area contributed by atoms with Crippen LogP contribution in [0.5, 0.6) is 5.75 Å². The first-order valence-electron chi connectivity index (χ1n) is 6.39. The Kier molecular flexibility index (Phi) is 4.22. The second kappa shape index (κ2) is 5.69. The first-order chi connectivity index (χ1) is 8.67. The normalized spacial score (nSPS) is 27.4. The van der Waals surface area contributed by atoms with Crippen molar-refractivity contribution in [3.05, 3.63) is 29.8 Å². The van der Waals surface area contributed by atoms with Crippen molar-refractivity contribution in [1.29, 1.82) is 0 Å². The minimum atomic E-state index is -0.600. The van der Waals surface area contributed by atoms with E-state index in [0.717, 1.165) is 11.3 Å². The van der Waals surface area contributed by atoms with E-state index >= 15 is 0 Å². The molecule has 2 atom stereocenters. The highest BCUT2D eigenvalue weighted by molar-refractivity contribution is 5.34. The second-order valence-electron chi connectivity index (χ2n) is 4.64. The molecule has 0 aliphatic carbocycles. The lowest BCUT2D eigenvalue weighted by atomic mass is 10.1. The topological polar surface area (TPSA) is 53.7 Å². The van der Waals surface area contributed by atoms with Gasteiger partial charge in [0, 0.05) is 13.0 Å². The van der Waals surface area contributed by atoms with E-state index in [1.54, 1.807) is 0 Å². The maximum absolute atomic E-state index is 5.83. The van der Waals surface area contributed by atoms with Gasteiger partial charge in [0.1, 0.15) is 5.75 Å². The Hall–Kier alpha value is -1.10. The Morgan fingerprint density at radius 1 is 1.44 bits per heavy atom. The van der Waals surface area contributed by atoms with Crippen molar-refractivity contribution in [3.63, 3.8) is 0 Å². The largest absolute Gasteiger partial charge is 0.494 e. The molecule has 0 radical (unpaired) electrons. The molecule has 18 heavy (non-hydrogen) atoms. The molecule has 4 nitrogen and oxygen atoms in total. The summed E-state index contributed by atoms with van der Waals surface area (Å²) in [6.45, 7) is 5.63. The van der Waals surface area contributed by atoms with Crippen LogP contribution in [0.1, 0.15) is 19.4 Å². The zero-order valence-electron chi connectivity index (χ0n) is 11.0. The Balaban J connectivity index is 2.09. The summed E-state index contributed by atoms with van der Waals surface area (Å²) in [7, 11) is 0. The minimum Gasteiger partial charge on any atom is -0.494 e. The molecule has 4 heteroatoms. The van der Waals surface area contributed by atoms with E-state index in [1.807, 2.05) is 38.1 Å². The highest BCUT2D eigenvalue weighted by Gasteiger charge is 2.37. The average Bonchev–Trinajstić information content (AvgIpc) is 2.74. The molecule has 2 rings (SSSR count). The lowest BCUT2D eigenvalue weighted by Crippen LogP contribution is -2.31. The molecule has 2 unspecified atom stereocenters. The van der Waals surface area contributed by atoms with Crippen LogP contribution in [0.15, 0.2) is 24.3 Å². The molecular formula is C14H21NO3. The van der Waals surface area contributed by atoms with Gasteiger partial charge in [-0.1, -0.05) is 18.2 Å². The third kappa shape index (κ3) is 3.02. The zero-order valence-corrected chi connectivity index (χ0v) is 11.0. The first kappa shape index (κ1) is 13.3. The monoisotopic (exact) mass is 251 g/mol. The molecule has 100 valence electrons. The van der Waals surface area contributed by atoms with Crippen LogP contribution in [-0.4, -0.2) is 31.6 Å². The van der Waals surface area contributed by atoms with Crippen molar-refractivity contribution in [2.24, 2.45) is 5.73 Å². The fourth-order valence-electron chi connectivity index (χ4n) is 2.19. The van der Waals surface area contributed by atoms with Gasteiger partial charge in [0.05, 0.1) is 19.3 Å². The maximum Gasteiger partial charge on any atom is 0.170 e. The molecule has 1 heterocycles. The molecule has 0 amide bonds. The molecule has 1 aliphatic heterocycles. The first-order valence-corrected chi connectivity index (χ1v) is 6.39. The summed E-state index contributed by atoms with van der Waals surface area (Å²) < 4.78 is 17.2. The molecule has 1 aliphatic rings. The van der Waals surface area contributed by atoms with E-state index in [0.29, 0.717) is 26.2 Å². The van der Waals surface area contributed by atoms with Crippen LogP contribution in [0.2, 0.25) is 0 Å². The highest BCUT2D eigenvalue weighted by atomic mass is 16.7. The van der Waals surface area contributed by atoms with E-state index in [9.17, 15) is 0 Å². The van der Waals surface area contributed by atoms with Gasteiger partial charge >= 0.3 is 0 Å². The van der Waals surface area contributed by atoms with Gasteiger partial charge in [-0.15, -0.1) is 0 Å². The number of benzene rings is 1. The predicted molar refractivity (Wildman–Crippen MR) is 69.6 cm³/mol. The smallest absolute Gasteiger partial charge is 0.170 e. The highest BCUT2D eigenvalue weighted by Crippen LogP contribution is 2.30. The molecule has 1 saturated heterocycles. The Bertz CT molecular complexity index is 396. The Labute approximate surface area is 108 Å². The quantitative estimate of drug-likeness (QED) is 0.865. The molecule has 1 aromatic rings. The summed E-state index contributed by atoms with van der Waals surface area (Å²) in [6, 6.07) is 7.97. The van der Waals surface area contributed by atoms with Crippen molar-refractivity contribution in [2.75, 3.05) is 19.8 Å². The predicted octanol–water partition coefficient (Wildman–Crippen LogP) is 1.72. The van der Waals surface area contributed by atoms with E-state index < -0.39 is 5.79 Å². The fourth-order valence-corrected chi connectivity index (χ4v) is 2.19. The third-order valence-corrected chi connectivity index (χ3v) is 3.04. The van der Waals surface area contributed by atoms with Crippen molar-refractivity contribution in [1.82, 2.24) is 0 Å². The lowest BCUT2D eigenvalue weighted by molar-refractivity contribution is -0.151. The molecule has 0 aromatic heterocycles. The Morgan fingerprint density at radius 3 is 2.89 bits per heavy atom. The van der Waals surface area contributed by atoms with Crippen LogP contribution < -0.4 is 10.5 Å². The van der Waals surface area contributed by atoms with Gasteiger partial charge in [-0.05, 0) is 25.5 Å². The van der Waals surface area contributed by atoms with Crippen LogP contribution in [0, 0.1) is 0 Å². The summed E-state index contributed by atoms with van der Waals surface area (Å²) in [5.74, 6) is 0.293. The van der Waals surface area contributed by atoms with E-state index in [2.05, 4.69) is 0 Å². The van der Waals surface area contributed by atoms with E-state index in [-0.39, 0.29) is 6.10 Å².